The minimum absolute atomic E-state index is 0.0776. The van der Waals surface area contributed by atoms with Gasteiger partial charge in [-0.2, -0.15) is 5.10 Å². The summed E-state index contributed by atoms with van der Waals surface area (Å²) >= 11 is 0. The Balaban J connectivity index is 2.40. The first-order valence-electron chi connectivity index (χ1n) is 5.13. The summed E-state index contributed by atoms with van der Waals surface area (Å²) in [7, 11) is 1.88. The number of aromatic nitrogens is 2. The van der Waals surface area contributed by atoms with Crippen molar-refractivity contribution in [2.75, 3.05) is 0 Å². The van der Waals surface area contributed by atoms with Crippen LogP contribution in [0.1, 0.15) is 28.7 Å². The maximum atomic E-state index is 5.60. The van der Waals surface area contributed by atoms with Gasteiger partial charge >= 0.3 is 0 Å². The normalized spacial score (nSPS) is 13.0. The summed E-state index contributed by atoms with van der Waals surface area (Å²) in [6.45, 7) is 3.86. The quantitative estimate of drug-likeness (QED) is 0.602. The van der Waals surface area contributed by atoms with Gasteiger partial charge in [-0.1, -0.05) is 0 Å². The first-order chi connectivity index (χ1) is 7.61. The predicted molar refractivity (Wildman–Crippen MR) is 60.6 cm³/mol. The first-order valence-corrected chi connectivity index (χ1v) is 5.13. The van der Waals surface area contributed by atoms with Crippen LogP contribution in [-0.4, -0.2) is 9.78 Å². The molecule has 0 radical (unpaired) electrons. The molecule has 1 atom stereocenters. The van der Waals surface area contributed by atoms with Gasteiger partial charge in [-0.3, -0.25) is 10.5 Å². The second-order valence-corrected chi connectivity index (χ2v) is 3.92. The van der Waals surface area contributed by atoms with Crippen LogP contribution >= 0.6 is 0 Å². The lowest BCUT2D eigenvalue weighted by Gasteiger charge is -2.12. The van der Waals surface area contributed by atoms with Crippen LogP contribution in [0.5, 0.6) is 0 Å². The molecule has 5 nitrogen and oxygen atoms in total. The van der Waals surface area contributed by atoms with E-state index in [4.69, 9.17) is 10.3 Å². The van der Waals surface area contributed by atoms with Crippen molar-refractivity contribution < 1.29 is 4.42 Å². The lowest BCUT2D eigenvalue weighted by molar-refractivity contribution is 0.495. The Morgan fingerprint density at radius 1 is 1.50 bits per heavy atom. The molecule has 0 aliphatic carbocycles. The number of nitrogens with two attached hydrogens (primary N) is 1. The summed E-state index contributed by atoms with van der Waals surface area (Å²) in [5, 5.41) is 4.14. The molecule has 5 heteroatoms. The van der Waals surface area contributed by atoms with Gasteiger partial charge in [0.25, 0.3) is 0 Å². The van der Waals surface area contributed by atoms with Gasteiger partial charge in [0.05, 0.1) is 12.2 Å². The Morgan fingerprint density at radius 3 is 2.69 bits per heavy atom. The number of nitrogens with zero attached hydrogens (tertiary/aromatic N) is 2. The zero-order valence-electron chi connectivity index (χ0n) is 9.69. The average Bonchev–Trinajstić information content (AvgIpc) is 2.76. The Hall–Kier alpha value is -1.59. The van der Waals surface area contributed by atoms with Crippen molar-refractivity contribution in [2.24, 2.45) is 12.9 Å². The Bertz CT molecular complexity index is 486. The largest absolute Gasteiger partial charge is 0.466 e. The molecule has 1 unspecified atom stereocenters. The van der Waals surface area contributed by atoms with Crippen molar-refractivity contribution in [3.05, 3.63) is 41.1 Å². The highest BCUT2D eigenvalue weighted by Gasteiger charge is 2.18. The lowest BCUT2D eigenvalue weighted by Crippen LogP contribution is -2.28. The van der Waals surface area contributed by atoms with Gasteiger partial charge in [0.15, 0.2) is 0 Å². The highest BCUT2D eigenvalue weighted by molar-refractivity contribution is 5.32. The maximum absolute atomic E-state index is 5.60. The minimum atomic E-state index is -0.0776. The van der Waals surface area contributed by atoms with E-state index in [2.05, 4.69) is 10.5 Å². The van der Waals surface area contributed by atoms with Gasteiger partial charge in [-0.15, -0.1) is 0 Å². The average molecular weight is 220 g/mol. The molecule has 3 N–H and O–H groups in total. The highest BCUT2D eigenvalue weighted by Crippen LogP contribution is 2.26. The summed E-state index contributed by atoms with van der Waals surface area (Å²) in [5.41, 5.74) is 4.86. The summed E-state index contributed by atoms with van der Waals surface area (Å²) in [6, 6.07) is 1.92. The summed E-state index contributed by atoms with van der Waals surface area (Å²) in [6.07, 6.45) is 3.73. The third-order valence-electron chi connectivity index (χ3n) is 2.62. The van der Waals surface area contributed by atoms with Crippen LogP contribution in [0, 0.1) is 13.8 Å². The van der Waals surface area contributed by atoms with Crippen LogP contribution in [-0.2, 0) is 7.05 Å². The smallest absolute Gasteiger partial charge is 0.106 e. The second kappa shape index (κ2) is 4.11. The SMILES string of the molecule is Cc1cc(C(NN)c2cnn(C)c2)c(C)o1. The van der Waals surface area contributed by atoms with Crippen molar-refractivity contribution in [1.29, 1.82) is 0 Å². The molecule has 86 valence electrons. The molecular formula is C11H16N4O. The maximum Gasteiger partial charge on any atom is 0.106 e. The molecule has 2 aromatic heterocycles. The molecule has 0 bridgehead atoms. The number of hydrogen-bond acceptors (Lipinski definition) is 4. The molecule has 0 aliphatic heterocycles. The van der Waals surface area contributed by atoms with Gasteiger partial charge in [0.1, 0.15) is 11.5 Å². The lowest BCUT2D eigenvalue weighted by atomic mass is 10.0. The number of nitrogens with one attached hydrogen (secondary N) is 1. The standard InChI is InChI=1S/C11H16N4O/c1-7-4-10(8(2)16-7)11(14-12)9-5-13-15(3)6-9/h4-6,11,14H,12H2,1-3H3. The van der Waals surface area contributed by atoms with E-state index >= 15 is 0 Å². The number of furan rings is 1. The fourth-order valence-corrected chi connectivity index (χ4v) is 1.89. The van der Waals surface area contributed by atoms with E-state index in [1.54, 1.807) is 10.9 Å². The Labute approximate surface area is 94.2 Å². The van der Waals surface area contributed by atoms with Crippen molar-refractivity contribution >= 4 is 0 Å². The molecule has 0 amide bonds. The van der Waals surface area contributed by atoms with Gasteiger partial charge in [-0.05, 0) is 19.9 Å². The summed E-state index contributed by atoms with van der Waals surface area (Å²) < 4.78 is 7.25. The van der Waals surface area contributed by atoms with E-state index in [0.29, 0.717) is 0 Å². The topological polar surface area (TPSA) is 69.0 Å². The molecule has 0 aromatic carbocycles. The van der Waals surface area contributed by atoms with E-state index in [1.165, 1.54) is 0 Å². The van der Waals surface area contributed by atoms with Gasteiger partial charge in [0.2, 0.25) is 0 Å². The van der Waals surface area contributed by atoms with Crippen LogP contribution < -0.4 is 11.3 Å². The molecule has 0 saturated carbocycles. The number of aryl methyl sites for hydroxylation is 3. The van der Waals surface area contributed by atoms with Gasteiger partial charge in [0, 0.05) is 24.4 Å². The summed E-state index contributed by atoms with van der Waals surface area (Å²) in [4.78, 5) is 0. The molecule has 0 saturated heterocycles. The molecule has 16 heavy (non-hydrogen) atoms. The van der Waals surface area contributed by atoms with E-state index in [-0.39, 0.29) is 6.04 Å². The zero-order valence-corrected chi connectivity index (χ0v) is 9.69. The Kier molecular flexibility index (Phi) is 2.80. The van der Waals surface area contributed by atoms with E-state index in [1.807, 2.05) is 33.2 Å². The third kappa shape index (κ3) is 1.87. The molecule has 2 rings (SSSR count). The second-order valence-electron chi connectivity index (χ2n) is 3.92. The molecule has 0 aliphatic rings. The number of hydrazine groups is 1. The molecule has 2 aromatic rings. The zero-order chi connectivity index (χ0) is 11.7. The number of hydrogen-bond donors (Lipinski definition) is 2. The molecular weight excluding hydrogens is 204 g/mol. The first kappa shape index (κ1) is 10.9. The minimum Gasteiger partial charge on any atom is -0.466 e. The van der Waals surface area contributed by atoms with E-state index < -0.39 is 0 Å². The monoisotopic (exact) mass is 220 g/mol. The third-order valence-corrected chi connectivity index (χ3v) is 2.62. The highest BCUT2D eigenvalue weighted by atomic mass is 16.3. The molecule has 0 fully saturated rings. The van der Waals surface area contributed by atoms with E-state index in [9.17, 15) is 0 Å². The van der Waals surface area contributed by atoms with E-state index in [0.717, 1.165) is 22.6 Å². The summed E-state index contributed by atoms with van der Waals surface area (Å²) in [5.74, 6) is 7.36. The van der Waals surface area contributed by atoms with Crippen molar-refractivity contribution in [2.45, 2.75) is 19.9 Å². The Morgan fingerprint density at radius 2 is 2.25 bits per heavy atom. The fraction of sp³-hybridized carbons (Fsp3) is 0.364. The number of rotatable bonds is 3. The van der Waals surface area contributed by atoms with Crippen LogP contribution in [0.4, 0.5) is 0 Å². The fourth-order valence-electron chi connectivity index (χ4n) is 1.89. The van der Waals surface area contributed by atoms with Gasteiger partial charge in [-0.25, -0.2) is 5.43 Å². The van der Waals surface area contributed by atoms with Crippen molar-refractivity contribution in [3.8, 4) is 0 Å². The van der Waals surface area contributed by atoms with Crippen LogP contribution in [0.3, 0.4) is 0 Å². The van der Waals surface area contributed by atoms with Crippen LogP contribution in [0.15, 0.2) is 22.9 Å². The van der Waals surface area contributed by atoms with Crippen LogP contribution in [0.2, 0.25) is 0 Å². The van der Waals surface area contributed by atoms with Crippen LogP contribution in [0.25, 0.3) is 0 Å². The predicted octanol–water partition coefficient (Wildman–Crippen LogP) is 1.18. The van der Waals surface area contributed by atoms with Gasteiger partial charge < -0.3 is 4.42 Å². The van der Waals surface area contributed by atoms with Crippen molar-refractivity contribution in [1.82, 2.24) is 15.2 Å². The van der Waals surface area contributed by atoms with Crippen molar-refractivity contribution in [3.63, 3.8) is 0 Å². The molecule has 2 heterocycles. The molecule has 0 spiro atoms.